The maximum absolute atomic E-state index is 11.9. The number of benzene rings is 1. The van der Waals surface area contributed by atoms with Gasteiger partial charge in [-0.1, -0.05) is 18.2 Å². The molecule has 0 radical (unpaired) electrons. The lowest BCUT2D eigenvalue weighted by molar-refractivity contribution is -0.137. The van der Waals surface area contributed by atoms with Gasteiger partial charge in [0.15, 0.2) is 0 Å². The number of aryl methyl sites for hydroxylation is 1. The lowest BCUT2D eigenvalue weighted by Gasteiger charge is -2.08. The van der Waals surface area contributed by atoms with Crippen molar-refractivity contribution in [3.05, 3.63) is 36.0 Å². The molecule has 0 bridgehead atoms. The van der Waals surface area contributed by atoms with E-state index in [9.17, 15) is 9.59 Å². The molecule has 0 unspecified atom stereocenters. The van der Waals surface area contributed by atoms with E-state index in [0.717, 1.165) is 16.6 Å². The van der Waals surface area contributed by atoms with E-state index in [1.165, 1.54) is 0 Å². The molecular weight excluding hydrogens is 268 g/mol. The average Bonchev–Trinajstić information content (AvgIpc) is 2.44. The normalized spacial score (nSPS) is 10.5. The molecule has 0 aliphatic carbocycles. The quantitative estimate of drug-likeness (QED) is 0.800. The number of carboxylic acid groups (broad SMARTS) is 1. The number of carboxylic acids is 1. The van der Waals surface area contributed by atoms with Gasteiger partial charge in [0.25, 0.3) is 0 Å². The van der Waals surface area contributed by atoms with Crippen LogP contribution in [0.2, 0.25) is 0 Å². The van der Waals surface area contributed by atoms with Crippen molar-refractivity contribution in [3.63, 3.8) is 0 Å². The second-order valence-corrected chi connectivity index (χ2v) is 4.98. The summed E-state index contributed by atoms with van der Waals surface area (Å²) < 4.78 is 0. The van der Waals surface area contributed by atoms with Gasteiger partial charge in [-0.15, -0.1) is 0 Å². The van der Waals surface area contributed by atoms with Crippen molar-refractivity contribution in [2.24, 2.45) is 0 Å². The molecule has 2 aromatic rings. The number of carbonyl (C=O) groups excluding carboxylic acids is 1. The van der Waals surface area contributed by atoms with Crippen molar-refractivity contribution in [2.45, 2.75) is 32.6 Å². The largest absolute Gasteiger partial charge is 0.481 e. The molecule has 1 aromatic carbocycles. The highest BCUT2D eigenvalue weighted by atomic mass is 16.4. The first-order chi connectivity index (χ1) is 10.1. The Balaban J connectivity index is 2.01. The molecule has 110 valence electrons. The van der Waals surface area contributed by atoms with E-state index in [0.29, 0.717) is 24.9 Å². The van der Waals surface area contributed by atoms with E-state index in [1.54, 1.807) is 0 Å². The third-order valence-corrected chi connectivity index (χ3v) is 3.18. The van der Waals surface area contributed by atoms with Crippen LogP contribution in [0.5, 0.6) is 0 Å². The Hall–Kier alpha value is -2.43. The van der Waals surface area contributed by atoms with Crippen LogP contribution in [-0.4, -0.2) is 22.0 Å². The smallest absolute Gasteiger partial charge is 0.303 e. The maximum atomic E-state index is 11.9. The van der Waals surface area contributed by atoms with E-state index in [1.807, 2.05) is 37.3 Å². The fraction of sp³-hybridized carbons (Fsp3) is 0.312. The van der Waals surface area contributed by atoms with Gasteiger partial charge < -0.3 is 10.4 Å². The summed E-state index contributed by atoms with van der Waals surface area (Å²) in [7, 11) is 0. The predicted octanol–water partition coefficient (Wildman–Crippen LogP) is 3.13. The summed E-state index contributed by atoms with van der Waals surface area (Å²) in [6.45, 7) is 1.91. The van der Waals surface area contributed by atoms with Crippen LogP contribution in [0, 0.1) is 6.92 Å². The van der Waals surface area contributed by atoms with Crippen molar-refractivity contribution in [2.75, 3.05) is 5.32 Å². The molecule has 5 heteroatoms. The van der Waals surface area contributed by atoms with Crippen LogP contribution in [-0.2, 0) is 9.59 Å². The first kappa shape index (κ1) is 15.0. The van der Waals surface area contributed by atoms with E-state index < -0.39 is 5.97 Å². The van der Waals surface area contributed by atoms with Crippen molar-refractivity contribution in [1.82, 2.24) is 4.98 Å². The fourth-order valence-corrected chi connectivity index (χ4v) is 2.12. The minimum absolute atomic E-state index is 0.0995. The van der Waals surface area contributed by atoms with Crippen molar-refractivity contribution >= 4 is 28.5 Å². The number of anilines is 1. The highest BCUT2D eigenvalue weighted by Gasteiger charge is 2.07. The summed E-state index contributed by atoms with van der Waals surface area (Å²) >= 11 is 0. The number of nitrogens with zero attached hydrogens (tertiary/aromatic N) is 1. The van der Waals surface area contributed by atoms with Gasteiger partial charge in [-0.25, -0.2) is 0 Å². The van der Waals surface area contributed by atoms with E-state index >= 15 is 0 Å². The number of carbonyl (C=O) groups is 2. The van der Waals surface area contributed by atoms with Gasteiger partial charge in [-0.3, -0.25) is 14.6 Å². The summed E-state index contributed by atoms with van der Waals surface area (Å²) in [5.41, 5.74) is 2.36. The minimum atomic E-state index is -0.830. The van der Waals surface area contributed by atoms with Crippen LogP contribution >= 0.6 is 0 Å². The molecule has 0 saturated carbocycles. The molecule has 1 amide bonds. The van der Waals surface area contributed by atoms with Gasteiger partial charge in [0, 0.05) is 23.9 Å². The number of pyridine rings is 1. The highest BCUT2D eigenvalue weighted by Crippen LogP contribution is 2.22. The van der Waals surface area contributed by atoms with Crippen LogP contribution in [0.4, 0.5) is 5.69 Å². The molecule has 21 heavy (non-hydrogen) atoms. The van der Waals surface area contributed by atoms with E-state index in [-0.39, 0.29) is 12.3 Å². The topological polar surface area (TPSA) is 79.3 Å². The number of aromatic nitrogens is 1. The lowest BCUT2D eigenvalue weighted by Crippen LogP contribution is -2.12. The fourth-order valence-electron chi connectivity index (χ4n) is 2.12. The number of hydrogen-bond donors (Lipinski definition) is 2. The molecule has 0 atom stereocenters. The third-order valence-electron chi connectivity index (χ3n) is 3.18. The maximum Gasteiger partial charge on any atom is 0.303 e. The van der Waals surface area contributed by atoms with Gasteiger partial charge in [0.2, 0.25) is 5.91 Å². The monoisotopic (exact) mass is 286 g/mol. The van der Waals surface area contributed by atoms with Crippen LogP contribution < -0.4 is 5.32 Å². The number of amides is 1. The Morgan fingerprint density at radius 2 is 1.90 bits per heavy atom. The SMILES string of the molecule is Cc1ccc2cccc(NC(=O)CCCCC(=O)O)c2n1. The van der Waals surface area contributed by atoms with E-state index in [4.69, 9.17) is 5.11 Å². The summed E-state index contributed by atoms with van der Waals surface area (Å²) in [5.74, 6) is -0.944. The van der Waals surface area contributed by atoms with Crippen molar-refractivity contribution in [1.29, 1.82) is 0 Å². The van der Waals surface area contributed by atoms with Gasteiger partial charge in [-0.05, 0) is 31.9 Å². The average molecular weight is 286 g/mol. The number of hydrogen-bond acceptors (Lipinski definition) is 3. The Kier molecular flexibility index (Phi) is 4.87. The Labute approximate surface area is 123 Å². The molecule has 0 fully saturated rings. The molecule has 2 rings (SSSR count). The summed E-state index contributed by atoms with van der Waals surface area (Å²) in [4.78, 5) is 26.8. The molecule has 1 aromatic heterocycles. The first-order valence-corrected chi connectivity index (χ1v) is 6.94. The first-order valence-electron chi connectivity index (χ1n) is 6.94. The van der Waals surface area contributed by atoms with Gasteiger partial charge in [-0.2, -0.15) is 0 Å². The minimum Gasteiger partial charge on any atom is -0.481 e. The predicted molar refractivity (Wildman–Crippen MR) is 81.2 cm³/mol. The summed E-state index contributed by atoms with van der Waals surface area (Å²) in [5, 5.41) is 12.4. The molecule has 0 aliphatic rings. The van der Waals surface area contributed by atoms with E-state index in [2.05, 4.69) is 10.3 Å². The highest BCUT2D eigenvalue weighted by molar-refractivity contribution is 6.00. The molecule has 5 nitrogen and oxygen atoms in total. The van der Waals surface area contributed by atoms with Crippen LogP contribution in [0.15, 0.2) is 30.3 Å². The van der Waals surface area contributed by atoms with Crippen LogP contribution in [0.3, 0.4) is 0 Å². The molecule has 2 N–H and O–H groups in total. The molecule has 1 heterocycles. The Morgan fingerprint density at radius 1 is 1.14 bits per heavy atom. The Morgan fingerprint density at radius 3 is 2.67 bits per heavy atom. The zero-order valence-electron chi connectivity index (χ0n) is 11.9. The Bertz CT molecular complexity index is 668. The molecular formula is C16H18N2O3. The summed E-state index contributed by atoms with van der Waals surface area (Å²) in [6.07, 6.45) is 1.49. The van der Waals surface area contributed by atoms with Crippen LogP contribution in [0.25, 0.3) is 10.9 Å². The number of unbranched alkanes of at least 4 members (excludes halogenated alkanes) is 1. The third kappa shape index (κ3) is 4.27. The number of para-hydroxylation sites is 1. The second-order valence-electron chi connectivity index (χ2n) is 4.98. The molecule has 0 spiro atoms. The second kappa shape index (κ2) is 6.83. The van der Waals surface area contributed by atoms with Crippen molar-refractivity contribution in [3.8, 4) is 0 Å². The number of aliphatic carboxylic acids is 1. The van der Waals surface area contributed by atoms with Crippen molar-refractivity contribution < 1.29 is 14.7 Å². The lowest BCUT2D eigenvalue weighted by atomic mass is 10.1. The number of nitrogens with one attached hydrogen (secondary N) is 1. The molecule has 0 aliphatic heterocycles. The zero-order valence-corrected chi connectivity index (χ0v) is 11.9. The standard InChI is InChI=1S/C16H18N2O3/c1-11-9-10-12-5-4-6-13(16(12)17-11)18-14(19)7-2-3-8-15(20)21/h4-6,9-10H,2-3,7-8H2,1H3,(H,18,19)(H,20,21). The number of fused-ring (bicyclic) bond motifs is 1. The van der Waals surface area contributed by atoms with Gasteiger partial charge in [0.05, 0.1) is 11.2 Å². The zero-order chi connectivity index (χ0) is 15.2. The number of rotatable bonds is 6. The van der Waals surface area contributed by atoms with Gasteiger partial charge in [0.1, 0.15) is 0 Å². The van der Waals surface area contributed by atoms with Gasteiger partial charge >= 0.3 is 5.97 Å². The van der Waals surface area contributed by atoms with Crippen LogP contribution in [0.1, 0.15) is 31.4 Å². The molecule has 0 saturated heterocycles. The summed E-state index contributed by atoms with van der Waals surface area (Å²) in [6, 6.07) is 9.55.